The van der Waals surface area contributed by atoms with Crippen LogP contribution in [0.4, 0.5) is 4.39 Å². The van der Waals surface area contributed by atoms with Gasteiger partial charge in [0, 0.05) is 30.6 Å². The number of hydrogen-bond acceptors (Lipinski definition) is 5. The SMILES string of the molecule is O=C(COc1ccc(F)cc1)NCCn1nc(-c2cccnc2)ccc1=O. The van der Waals surface area contributed by atoms with E-state index in [4.69, 9.17) is 4.74 Å². The van der Waals surface area contributed by atoms with Gasteiger partial charge in [0.15, 0.2) is 6.61 Å². The standard InChI is InChI=1S/C19H17FN4O3/c20-15-3-5-16(6-4-15)27-13-18(25)22-10-11-24-19(26)8-7-17(23-24)14-2-1-9-21-12-14/h1-9,12H,10-11,13H2,(H,22,25). The van der Waals surface area contributed by atoms with E-state index in [1.807, 2.05) is 6.07 Å². The van der Waals surface area contributed by atoms with E-state index in [2.05, 4.69) is 15.4 Å². The van der Waals surface area contributed by atoms with Crippen LogP contribution in [0.1, 0.15) is 0 Å². The van der Waals surface area contributed by atoms with Gasteiger partial charge >= 0.3 is 0 Å². The van der Waals surface area contributed by atoms with Crippen LogP contribution in [0.15, 0.2) is 65.7 Å². The smallest absolute Gasteiger partial charge is 0.266 e. The monoisotopic (exact) mass is 368 g/mol. The zero-order chi connectivity index (χ0) is 19.1. The number of nitrogens with zero attached hydrogens (tertiary/aromatic N) is 3. The average molecular weight is 368 g/mol. The van der Waals surface area contributed by atoms with E-state index in [-0.39, 0.29) is 37.0 Å². The molecule has 3 rings (SSSR count). The van der Waals surface area contributed by atoms with Crippen molar-refractivity contribution in [1.82, 2.24) is 20.1 Å². The van der Waals surface area contributed by atoms with Gasteiger partial charge in [0.05, 0.1) is 12.2 Å². The highest BCUT2D eigenvalue weighted by atomic mass is 19.1. The fraction of sp³-hybridized carbons (Fsp3) is 0.158. The normalized spacial score (nSPS) is 10.4. The van der Waals surface area contributed by atoms with Crippen molar-refractivity contribution in [2.45, 2.75) is 6.54 Å². The van der Waals surface area contributed by atoms with Crippen molar-refractivity contribution in [3.05, 3.63) is 77.1 Å². The van der Waals surface area contributed by atoms with Crippen LogP contribution in [0.25, 0.3) is 11.3 Å². The number of benzene rings is 1. The van der Waals surface area contributed by atoms with E-state index in [0.29, 0.717) is 11.4 Å². The molecule has 1 N–H and O–H groups in total. The largest absolute Gasteiger partial charge is 0.484 e. The molecule has 0 atom stereocenters. The topological polar surface area (TPSA) is 86.1 Å². The summed E-state index contributed by atoms with van der Waals surface area (Å²) in [6.45, 7) is 0.230. The molecule has 0 fully saturated rings. The molecule has 0 spiro atoms. The molecule has 8 heteroatoms. The minimum atomic E-state index is -0.377. The molecule has 1 amide bonds. The molecule has 0 bridgehead atoms. The average Bonchev–Trinajstić information content (AvgIpc) is 2.69. The Kier molecular flexibility index (Phi) is 5.88. The molecule has 3 aromatic rings. The number of pyridine rings is 1. The van der Waals surface area contributed by atoms with Gasteiger partial charge in [0.25, 0.3) is 11.5 Å². The molecular formula is C19H17FN4O3. The number of ether oxygens (including phenoxy) is 1. The van der Waals surface area contributed by atoms with Crippen LogP contribution in [-0.4, -0.2) is 33.8 Å². The first-order valence-corrected chi connectivity index (χ1v) is 8.25. The fourth-order valence-corrected chi connectivity index (χ4v) is 2.31. The summed E-state index contributed by atoms with van der Waals surface area (Å²) in [4.78, 5) is 27.8. The summed E-state index contributed by atoms with van der Waals surface area (Å²) in [5, 5.41) is 6.94. The molecule has 0 aliphatic rings. The van der Waals surface area contributed by atoms with Crippen molar-refractivity contribution >= 4 is 5.91 Å². The van der Waals surface area contributed by atoms with Crippen molar-refractivity contribution in [2.75, 3.05) is 13.2 Å². The summed E-state index contributed by atoms with van der Waals surface area (Å²) < 4.78 is 19.3. The van der Waals surface area contributed by atoms with Crippen LogP contribution in [0.5, 0.6) is 5.75 Å². The number of nitrogens with one attached hydrogen (secondary N) is 1. The number of halogens is 1. The summed E-state index contributed by atoms with van der Waals surface area (Å²) >= 11 is 0. The number of rotatable bonds is 7. The third kappa shape index (κ3) is 5.21. The Morgan fingerprint density at radius 3 is 2.70 bits per heavy atom. The van der Waals surface area contributed by atoms with Crippen LogP contribution >= 0.6 is 0 Å². The van der Waals surface area contributed by atoms with Gasteiger partial charge in [-0.2, -0.15) is 5.10 Å². The molecule has 2 aromatic heterocycles. The van der Waals surface area contributed by atoms with Gasteiger partial charge < -0.3 is 10.1 Å². The minimum absolute atomic E-state index is 0.205. The zero-order valence-corrected chi connectivity index (χ0v) is 14.3. The van der Waals surface area contributed by atoms with Gasteiger partial charge in [-0.05, 0) is 42.5 Å². The van der Waals surface area contributed by atoms with E-state index in [1.54, 1.807) is 24.5 Å². The van der Waals surface area contributed by atoms with Crippen molar-refractivity contribution in [1.29, 1.82) is 0 Å². The number of carbonyl (C=O) groups excluding carboxylic acids is 1. The number of hydrogen-bond donors (Lipinski definition) is 1. The lowest BCUT2D eigenvalue weighted by Gasteiger charge is -2.09. The van der Waals surface area contributed by atoms with E-state index in [9.17, 15) is 14.0 Å². The van der Waals surface area contributed by atoms with Crippen molar-refractivity contribution < 1.29 is 13.9 Å². The molecule has 2 heterocycles. The molecule has 1 aromatic carbocycles. The zero-order valence-electron chi connectivity index (χ0n) is 14.3. The first-order chi connectivity index (χ1) is 13.1. The lowest BCUT2D eigenvalue weighted by atomic mass is 10.2. The highest BCUT2D eigenvalue weighted by Gasteiger charge is 2.06. The Labute approximate surface area is 154 Å². The molecule has 138 valence electrons. The number of amides is 1. The Morgan fingerprint density at radius 2 is 1.96 bits per heavy atom. The number of carbonyl (C=O) groups is 1. The maximum atomic E-state index is 12.8. The van der Waals surface area contributed by atoms with Gasteiger partial charge in [0.1, 0.15) is 11.6 Å². The molecule has 0 aliphatic heterocycles. The van der Waals surface area contributed by atoms with E-state index in [0.717, 1.165) is 5.56 Å². The Hall–Kier alpha value is -3.55. The summed E-state index contributed by atoms with van der Waals surface area (Å²) in [5.41, 5.74) is 1.15. The van der Waals surface area contributed by atoms with Gasteiger partial charge in [-0.25, -0.2) is 9.07 Å². The fourth-order valence-electron chi connectivity index (χ4n) is 2.31. The quantitative estimate of drug-likeness (QED) is 0.685. The van der Waals surface area contributed by atoms with Crippen molar-refractivity contribution in [2.24, 2.45) is 0 Å². The van der Waals surface area contributed by atoms with Crippen LogP contribution in [0, 0.1) is 5.82 Å². The highest BCUT2D eigenvalue weighted by Crippen LogP contribution is 2.12. The van der Waals surface area contributed by atoms with Crippen molar-refractivity contribution in [3.8, 4) is 17.0 Å². The van der Waals surface area contributed by atoms with E-state index >= 15 is 0 Å². The Morgan fingerprint density at radius 1 is 1.15 bits per heavy atom. The summed E-state index contributed by atoms with van der Waals surface area (Å²) in [6, 6.07) is 12.1. The maximum Gasteiger partial charge on any atom is 0.266 e. The predicted molar refractivity (Wildman–Crippen MR) is 96.6 cm³/mol. The first-order valence-electron chi connectivity index (χ1n) is 8.25. The van der Waals surface area contributed by atoms with E-state index in [1.165, 1.54) is 35.0 Å². The molecule has 0 saturated carbocycles. The van der Waals surface area contributed by atoms with Gasteiger partial charge in [-0.1, -0.05) is 0 Å². The number of aromatic nitrogens is 3. The molecule has 0 unspecified atom stereocenters. The Balaban J connectivity index is 1.51. The highest BCUT2D eigenvalue weighted by molar-refractivity contribution is 5.77. The lowest BCUT2D eigenvalue weighted by molar-refractivity contribution is -0.123. The molecular weight excluding hydrogens is 351 g/mol. The summed E-state index contributed by atoms with van der Waals surface area (Å²) in [7, 11) is 0. The van der Waals surface area contributed by atoms with Crippen LogP contribution in [-0.2, 0) is 11.3 Å². The molecule has 7 nitrogen and oxygen atoms in total. The molecule has 0 aliphatic carbocycles. The van der Waals surface area contributed by atoms with Gasteiger partial charge in [-0.3, -0.25) is 14.6 Å². The minimum Gasteiger partial charge on any atom is -0.484 e. The van der Waals surface area contributed by atoms with Crippen LogP contribution in [0.2, 0.25) is 0 Å². The molecule has 27 heavy (non-hydrogen) atoms. The van der Waals surface area contributed by atoms with Crippen LogP contribution < -0.4 is 15.6 Å². The lowest BCUT2D eigenvalue weighted by Crippen LogP contribution is -2.34. The van der Waals surface area contributed by atoms with Gasteiger partial charge in [-0.15, -0.1) is 0 Å². The van der Waals surface area contributed by atoms with Crippen LogP contribution in [0.3, 0.4) is 0 Å². The maximum absolute atomic E-state index is 12.8. The van der Waals surface area contributed by atoms with E-state index < -0.39 is 0 Å². The third-order valence-electron chi connectivity index (χ3n) is 3.65. The molecule has 0 saturated heterocycles. The summed E-state index contributed by atoms with van der Waals surface area (Å²) in [5.74, 6) is -0.331. The molecule has 0 radical (unpaired) electrons. The van der Waals surface area contributed by atoms with Gasteiger partial charge in [0.2, 0.25) is 0 Å². The second-order valence-corrected chi connectivity index (χ2v) is 5.61. The summed E-state index contributed by atoms with van der Waals surface area (Å²) in [6.07, 6.45) is 3.31. The predicted octanol–water partition coefficient (Wildman–Crippen LogP) is 1.64. The van der Waals surface area contributed by atoms with Crippen molar-refractivity contribution in [3.63, 3.8) is 0 Å². The Bertz CT molecular complexity index is 959. The second kappa shape index (κ2) is 8.70. The second-order valence-electron chi connectivity index (χ2n) is 5.61. The third-order valence-corrected chi connectivity index (χ3v) is 3.65. The first kappa shape index (κ1) is 18.2.